The van der Waals surface area contributed by atoms with Crippen LogP contribution < -0.4 is 0 Å². The summed E-state index contributed by atoms with van der Waals surface area (Å²) < 4.78 is 10.4. The second kappa shape index (κ2) is 7.78. The lowest BCUT2D eigenvalue weighted by Crippen LogP contribution is -2.23. The van der Waals surface area contributed by atoms with Gasteiger partial charge in [0.15, 0.2) is 6.10 Å². The number of hydrogen-bond acceptors (Lipinski definition) is 4. The van der Waals surface area contributed by atoms with Crippen molar-refractivity contribution in [2.45, 2.75) is 6.10 Å². The first-order chi connectivity index (χ1) is 10.7. The molecule has 0 aliphatic heterocycles. The Bertz CT molecular complexity index is 635. The zero-order chi connectivity index (χ0) is 15.8. The van der Waals surface area contributed by atoms with Crippen LogP contribution in [0.15, 0.2) is 73.3 Å². The van der Waals surface area contributed by atoms with Crippen molar-refractivity contribution in [3.8, 4) is 0 Å². The molecule has 2 aromatic carbocycles. The van der Waals surface area contributed by atoms with Gasteiger partial charge >= 0.3 is 11.9 Å². The predicted molar refractivity (Wildman–Crippen MR) is 82.6 cm³/mol. The summed E-state index contributed by atoms with van der Waals surface area (Å²) in [5.74, 6) is -0.954. The number of benzene rings is 2. The molecule has 0 spiro atoms. The van der Waals surface area contributed by atoms with Gasteiger partial charge in [-0.2, -0.15) is 0 Å². The van der Waals surface area contributed by atoms with Crippen LogP contribution in [0.25, 0.3) is 0 Å². The molecule has 1 unspecified atom stereocenters. The van der Waals surface area contributed by atoms with Crippen molar-refractivity contribution in [2.75, 3.05) is 6.61 Å². The van der Waals surface area contributed by atoms with Gasteiger partial charge in [0.2, 0.25) is 0 Å². The van der Waals surface area contributed by atoms with Crippen LogP contribution in [0.2, 0.25) is 0 Å². The Morgan fingerprint density at radius 1 is 0.909 bits per heavy atom. The minimum absolute atomic E-state index is 0.0736. The van der Waals surface area contributed by atoms with Crippen LogP contribution >= 0.6 is 0 Å². The summed E-state index contributed by atoms with van der Waals surface area (Å²) in [6, 6.07) is 17.2. The second-order valence-electron chi connectivity index (χ2n) is 4.51. The molecule has 4 heteroatoms. The summed E-state index contributed by atoms with van der Waals surface area (Å²) in [5, 5.41) is 0. The minimum atomic E-state index is -0.694. The Morgan fingerprint density at radius 2 is 1.41 bits per heavy atom. The Morgan fingerprint density at radius 3 is 1.91 bits per heavy atom. The first kappa shape index (κ1) is 15.5. The van der Waals surface area contributed by atoms with Crippen LogP contribution in [-0.4, -0.2) is 24.6 Å². The molecule has 0 aromatic heterocycles. The summed E-state index contributed by atoms with van der Waals surface area (Å²) in [4.78, 5) is 23.7. The Hall–Kier alpha value is -2.88. The van der Waals surface area contributed by atoms with Gasteiger partial charge in [-0.15, -0.1) is 0 Å². The van der Waals surface area contributed by atoms with E-state index in [0.29, 0.717) is 11.1 Å². The van der Waals surface area contributed by atoms with Gasteiger partial charge in [0.25, 0.3) is 0 Å². The summed E-state index contributed by atoms with van der Waals surface area (Å²) in [6.07, 6.45) is 0.736. The van der Waals surface area contributed by atoms with Crippen molar-refractivity contribution in [3.63, 3.8) is 0 Å². The van der Waals surface area contributed by atoms with Crippen molar-refractivity contribution in [1.82, 2.24) is 0 Å². The van der Waals surface area contributed by atoms with Gasteiger partial charge in [0, 0.05) is 0 Å². The molecule has 112 valence electrons. The third-order valence-electron chi connectivity index (χ3n) is 2.92. The molecule has 0 saturated heterocycles. The van der Waals surface area contributed by atoms with Gasteiger partial charge in [-0.3, -0.25) is 0 Å². The first-order valence-corrected chi connectivity index (χ1v) is 6.81. The Kier molecular flexibility index (Phi) is 5.49. The van der Waals surface area contributed by atoms with Crippen LogP contribution in [-0.2, 0) is 9.47 Å². The lowest BCUT2D eigenvalue weighted by molar-refractivity contribution is 0.0114. The van der Waals surface area contributed by atoms with E-state index in [1.807, 2.05) is 12.1 Å². The largest absolute Gasteiger partial charge is 0.458 e. The van der Waals surface area contributed by atoms with Gasteiger partial charge < -0.3 is 9.47 Å². The van der Waals surface area contributed by atoms with E-state index in [0.717, 1.165) is 0 Å². The molecule has 2 aromatic rings. The summed E-state index contributed by atoms with van der Waals surface area (Å²) in [7, 11) is 0. The summed E-state index contributed by atoms with van der Waals surface area (Å²) in [6.45, 7) is 3.52. The van der Waals surface area contributed by atoms with E-state index in [1.165, 1.54) is 6.08 Å². The first-order valence-electron chi connectivity index (χ1n) is 6.81. The average molecular weight is 296 g/mol. The SMILES string of the molecule is C=CC(COC(=O)c1ccccc1)OC(=O)c1ccccc1. The maximum atomic E-state index is 11.9. The van der Waals surface area contributed by atoms with Gasteiger partial charge in [-0.1, -0.05) is 43.0 Å². The normalized spacial score (nSPS) is 11.3. The van der Waals surface area contributed by atoms with Crippen LogP contribution in [0.3, 0.4) is 0 Å². The van der Waals surface area contributed by atoms with Crippen LogP contribution in [0, 0.1) is 0 Å². The predicted octanol–water partition coefficient (Wildman–Crippen LogP) is 3.26. The van der Waals surface area contributed by atoms with E-state index >= 15 is 0 Å². The Balaban J connectivity index is 1.89. The van der Waals surface area contributed by atoms with E-state index in [1.54, 1.807) is 48.5 Å². The fourth-order valence-electron chi connectivity index (χ4n) is 1.75. The topological polar surface area (TPSA) is 52.6 Å². The molecule has 0 aliphatic rings. The van der Waals surface area contributed by atoms with Gasteiger partial charge in [0.1, 0.15) is 6.61 Å². The lowest BCUT2D eigenvalue weighted by atomic mass is 10.2. The van der Waals surface area contributed by atoms with Crippen molar-refractivity contribution >= 4 is 11.9 Å². The third kappa shape index (κ3) is 4.31. The molecule has 0 amide bonds. The van der Waals surface area contributed by atoms with Gasteiger partial charge in [-0.25, -0.2) is 9.59 Å². The zero-order valence-corrected chi connectivity index (χ0v) is 12.0. The highest BCUT2D eigenvalue weighted by atomic mass is 16.6. The lowest BCUT2D eigenvalue weighted by Gasteiger charge is -2.14. The fraction of sp³-hybridized carbons (Fsp3) is 0.111. The maximum Gasteiger partial charge on any atom is 0.338 e. The number of carbonyl (C=O) groups excluding carboxylic acids is 2. The average Bonchev–Trinajstić information content (AvgIpc) is 2.59. The van der Waals surface area contributed by atoms with Crippen LogP contribution in [0.5, 0.6) is 0 Å². The molecule has 0 fully saturated rings. The van der Waals surface area contributed by atoms with E-state index in [-0.39, 0.29) is 6.61 Å². The third-order valence-corrected chi connectivity index (χ3v) is 2.92. The number of carbonyl (C=O) groups is 2. The summed E-state index contributed by atoms with van der Waals surface area (Å²) >= 11 is 0. The highest BCUT2D eigenvalue weighted by Gasteiger charge is 2.15. The van der Waals surface area contributed by atoms with Crippen molar-refractivity contribution in [2.24, 2.45) is 0 Å². The molecule has 4 nitrogen and oxygen atoms in total. The van der Waals surface area contributed by atoms with E-state index in [9.17, 15) is 9.59 Å². The second-order valence-corrected chi connectivity index (χ2v) is 4.51. The molecule has 0 radical (unpaired) electrons. The molecule has 0 bridgehead atoms. The van der Waals surface area contributed by atoms with Gasteiger partial charge in [0.05, 0.1) is 11.1 Å². The highest BCUT2D eigenvalue weighted by Crippen LogP contribution is 2.07. The molecule has 1 atom stereocenters. The smallest absolute Gasteiger partial charge is 0.338 e. The maximum absolute atomic E-state index is 11.9. The molecule has 0 aliphatic carbocycles. The molecular formula is C18H16O4. The standard InChI is InChI=1S/C18H16O4/c1-2-16(22-18(20)15-11-7-4-8-12-15)13-21-17(19)14-9-5-3-6-10-14/h2-12,16H,1,13H2. The quantitative estimate of drug-likeness (QED) is 0.606. The van der Waals surface area contributed by atoms with Crippen molar-refractivity contribution < 1.29 is 19.1 Å². The zero-order valence-electron chi connectivity index (χ0n) is 12.0. The number of hydrogen-bond donors (Lipinski definition) is 0. The minimum Gasteiger partial charge on any atom is -0.458 e. The van der Waals surface area contributed by atoms with Gasteiger partial charge in [-0.05, 0) is 30.3 Å². The Labute approximate surface area is 129 Å². The van der Waals surface area contributed by atoms with E-state index < -0.39 is 18.0 Å². The molecule has 0 N–H and O–H groups in total. The highest BCUT2D eigenvalue weighted by molar-refractivity contribution is 5.90. The van der Waals surface area contributed by atoms with E-state index in [2.05, 4.69) is 6.58 Å². The van der Waals surface area contributed by atoms with Crippen LogP contribution in [0.4, 0.5) is 0 Å². The molecular weight excluding hydrogens is 280 g/mol. The number of rotatable bonds is 6. The molecule has 0 saturated carbocycles. The van der Waals surface area contributed by atoms with E-state index in [4.69, 9.17) is 9.47 Å². The fourth-order valence-corrected chi connectivity index (χ4v) is 1.75. The monoisotopic (exact) mass is 296 g/mol. The number of ether oxygens (including phenoxy) is 2. The van der Waals surface area contributed by atoms with Crippen molar-refractivity contribution in [3.05, 3.63) is 84.4 Å². The molecule has 22 heavy (non-hydrogen) atoms. The van der Waals surface area contributed by atoms with Crippen molar-refractivity contribution in [1.29, 1.82) is 0 Å². The van der Waals surface area contributed by atoms with Crippen LogP contribution in [0.1, 0.15) is 20.7 Å². The molecule has 0 heterocycles. The number of esters is 2. The molecule has 2 rings (SSSR count). The summed E-state index contributed by atoms with van der Waals surface area (Å²) in [5.41, 5.74) is 0.878.